The van der Waals surface area contributed by atoms with Gasteiger partial charge in [-0.05, 0) is 0 Å². The van der Waals surface area contributed by atoms with Crippen molar-refractivity contribution in [1.29, 1.82) is 0 Å². The zero-order valence-corrected chi connectivity index (χ0v) is 12.6. The van der Waals surface area contributed by atoms with Crippen LogP contribution in [-0.2, 0) is 38.1 Å². The standard InChI is InChI=1S/Ba.3O.Sr.Ti/q+2;3*-2;+2;+4. The van der Waals surface area contributed by atoms with Crippen LogP contribution >= 0.6 is 0 Å². The molecular formula is BaO3SrTi+2. The van der Waals surface area contributed by atoms with Gasteiger partial charge >= 0.3 is 116 Å². The predicted octanol–water partition coefficient (Wildman–Crippen LogP) is -1.12. The van der Waals surface area contributed by atoms with E-state index in [-0.39, 0.29) is 133 Å². The van der Waals surface area contributed by atoms with Gasteiger partial charge in [0, 0.05) is 0 Å². The van der Waals surface area contributed by atoms with Gasteiger partial charge in [-0.3, -0.25) is 0 Å². The van der Waals surface area contributed by atoms with Crippen molar-refractivity contribution in [3.63, 3.8) is 0 Å². The molecule has 0 aliphatic carbocycles. The largest absolute Gasteiger partial charge is 4.00 e. The monoisotopic (exact) mass is 322 g/mol. The Morgan fingerprint density at radius 1 is 0.667 bits per heavy atom. The smallest absolute Gasteiger partial charge is 2.00 e. The third-order valence-corrected chi connectivity index (χ3v) is 0. The van der Waals surface area contributed by atoms with E-state index in [1.165, 1.54) is 0 Å². The maximum atomic E-state index is 0. The second-order valence-corrected chi connectivity index (χ2v) is 0. The molecule has 6 heavy (non-hydrogen) atoms. The first-order valence-corrected chi connectivity index (χ1v) is 0. The van der Waals surface area contributed by atoms with Crippen molar-refractivity contribution in [3.8, 4) is 0 Å². The van der Waals surface area contributed by atoms with E-state index in [4.69, 9.17) is 0 Å². The summed E-state index contributed by atoms with van der Waals surface area (Å²) < 4.78 is 0. The summed E-state index contributed by atoms with van der Waals surface area (Å²) in [4.78, 5) is 0. The van der Waals surface area contributed by atoms with Crippen molar-refractivity contribution in [2.24, 2.45) is 0 Å². The van der Waals surface area contributed by atoms with Crippen LogP contribution in [0.1, 0.15) is 0 Å². The molecule has 0 aromatic heterocycles. The van der Waals surface area contributed by atoms with Gasteiger partial charge in [-0.25, -0.2) is 0 Å². The Bertz CT molecular complexity index is 10.8. The van der Waals surface area contributed by atoms with Gasteiger partial charge in [-0.1, -0.05) is 0 Å². The fourth-order valence-electron chi connectivity index (χ4n) is 0. The Morgan fingerprint density at radius 3 is 0.667 bits per heavy atom. The number of hydrogen-bond acceptors (Lipinski definition) is 0. The molecule has 0 amide bonds. The van der Waals surface area contributed by atoms with Crippen LogP contribution in [-0.4, -0.2) is 94.4 Å². The minimum Gasteiger partial charge on any atom is -2.00 e. The minimum absolute atomic E-state index is 0. The summed E-state index contributed by atoms with van der Waals surface area (Å²) in [6.45, 7) is 0. The van der Waals surface area contributed by atoms with Crippen molar-refractivity contribution >= 4 is 94.4 Å². The summed E-state index contributed by atoms with van der Waals surface area (Å²) in [5.41, 5.74) is 0. The van der Waals surface area contributed by atoms with Crippen LogP contribution in [0.5, 0.6) is 0 Å². The Hall–Kier alpha value is 3.65. The van der Waals surface area contributed by atoms with Crippen molar-refractivity contribution in [2.75, 3.05) is 0 Å². The third-order valence-electron chi connectivity index (χ3n) is 0. The summed E-state index contributed by atoms with van der Waals surface area (Å²) in [5, 5.41) is 0. The number of rotatable bonds is 0. The van der Waals surface area contributed by atoms with E-state index in [2.05, 4.69) is 0 Å². The van der Waals surface area contributed by atoms with E-state index < -0.39 is 0 Å². The second kappa shape index (κ2) is 38.0. The molecule has 0 saturated carbocycles. The molecule has 0 aliphatic heterocycles. The van der Waals surface area contributed by atoms with Crippen molar-refractivity contribution < 1.29 is 38.1 Å². The molecule has 0 N–H and O–H groups in total. The predicted molar refractivity (Wildman–Crippen MR) is 13.6 cm³/mol. The van der Waals surface area contributed by atoms with Gasteiger partial charge in [0.25, 0.3) is 0 Å². The molecule has 0 atom stereocenters. The first-order valence-electron chi connectivity index (χ1n) is 0. The molecule has 6 heteroatoms. The third kappa shape index (κ3) is 25.4. The molecule has 0 bridgehead atoms. The quantitative estimate of drug-likeness (QED) is 0.506. The van der Waals surface area contributed by atoms with Gasteiger partial charge in [-0.15, -0.1) is 0 Å². The molecule has 0 aromatic carbocycles. The summed E-state index contributed by atoms with van der Waals surface area (Å²) >= 11 is 0. The van der Waals surface area contributed by atoms with Gasteiger partial charge in [0.05, 0.1) is 0 Å². The van der Waals surface area contributed by atoms with Crippen molar-refractivity contribution in [1.82, 2.24) is 0 Å². The maximum absolute atomic E-state index is 0. The first kappa shape index (κ1) is 54.2. The van der Waals surface area contributed by atoms with Crippen LogP contribution in [0, 0.1) is 0 Å². The van der Waals surface area contributed by atoms with Gasteiger partial charge in [0.15, 0.2) is 0 Å². The van der Waals surface area contributed by atoms with Crippen molar-refractivity contribution in [2.45, 2.75) is 0 Å². The SMILES string of the molecule is [Ba+2].[O-2].[O-2].[O-2].[Sr+2].[Ti+4]. The van der Waals surface area contributed by atoms with Crippen LogP contribution in [0.2, 0.25) is 0 Å². The Morgan fingerprint density at radius 2 is 0.667 bits per heavy atom. The van der Waals surface area contributed by atoms with E-state index in [1.807, 2.05) is 0 Å². The zero-order chi connectivity index (χ0) is 0. The molecule has 0 radical (unpaired) electrons. The van der Waals surface area contributed by atoms with Gasteiger partial charge in [0.1, 0.15) is 0 Å². The second-order valence-electron chi connectivity index (χ2n) is 0. The van der Waals surface area contributed by atoms with E-state index >= 15 is 0 Å². The fourth-order valence-corrected chi connectivity index (χ4v) is 0. The van der Waals surface area contributed by atoms with Crippen molar-refractivity contribution in [3.05, 3.63) is 0 Å². The molecule has 0 fully saturated rings. The van der Waals surface area contributed by atoms with E-state index in [9.17, 15) is 0 Å². The fraction of sp³-hybridized carbons (Fsp3) is 0. The first-order chi connectivity index (χ1) is 0. The van der Waals surface area contributed by atoms with E-state index in [0.717, 1.165) is 0 Å². The summed E-state index contributed by atoms with van der Waals surface area (Å²) in [6.07, 6.45) is 0. The van der Waals surface area contributed by atoms with Crippen LogP contribution in [0.4, 0.5) is 0 Å². The average Bonchev–Trinajstić information content (AvgIpc) is 0. The molecule has 0 spiro atoms. The summed E-state index contributed by atoms with van der Waals surface area (Å²) in [7, 11) is 0. The normalized spacial score (nSPS) is 0. The molecule has 0 saturated heterocycles. The molecule has 0 aliphatic rings. The summed E-state index contributed by atoms with van der Waals surface area (Å²) in [5.74, 6) is 0. The molecule has 24 valence electrons. The zero-order valence-electron chi connectivity index (χ0n) is 3.14. The molecule has 0 aromatic rings. The molecule has 0 rings (SSSR count). The van der Waals surface area contributed by atoms with Gasteiger partial charge in [-0.2, -0.15) is 0 Å². The Labute approximate surface area is 129 Å². The van der Waals surface area contributed by atoms with Crippen LogP contribution in [0.3, 0.4) is 0 Å². The molecule has 0 unspecified atom stereocenters. The molecule has 0 heterocycles. The Kier molecular flexibility index (Phi) is 344. The van der Waals surface area contributed by atoms with Crippen LogP contribution < -0.4 is 0 Å². The van der Waals surface area contributed by atoms with E-state index in [0.29, 0.717) is 0 Å². The minimum atomic E-state index is 0. The molecule has 3 nitrogen and oxygen atoms in total. The van der Waals surface area contributed by atoms with Gasteiger partial charge < -0.3 is 16.4 Å². The van der Waals surface area contributed by atoms with E-state index in [1.54, 1.807) is 0 Å². The van der Waals surface area contributed by atoms with Gasteiger partial charge in [0.2, 0.25) is 0 Å². The van der Waals surface area contributed by atoms with Crippen LogP contribution in [0.15, 0.2) is 0 Å². The molecular weight excluding hydrogens is 321 g/mol. The van der Waals surface area contributed by atoms with Crippen LogP contribution in [0.25, 0.3) is 0 Å². The maximum Gasteiger partial charge on any atom is 4.00 e. The average molecular weight is 321 g/mol. The number of hydrogen-bond donors (Lipinski definition) is 0. The topological polar surface area (TPSA) is 85.5 Å². The summed E-state index contributed by atoms with van der Waals surface area (Å²) in [6, 6.07) is 0. The Balaban J connectivity index is 0.